The minimum absolute atomic E-state index is 0.0109. The van der Waals surface area contributed by atoms with E-state index in [0.717, 1.165) is 32.5 Å². The monoisotopic (exact) mass is 343 g/mol. The van der Waals surface area contributed by atoms with E-state index in [4.69, 9.17) is 0 Å². The Morgan fingerprint density at radius 2 is 2.00 bits per heavy atom. The highest BCUT2D eigenvalue weighted by Crippen LogP contribution is 2.20. The summed E-state index contributed by atoms with van der Waals surface area (Å²) < 4.78 is 0. The minimum Gasteiger partial charge on any atom is -0.350 e. The second kappa shape index (κ2) is 8.00. The van der Waals surface area contributed by atoms with Crippen molar-refractivity contribution in [2.75, 3.05) is 19.6 Å². The third kappa shape index (κ3) is 4.40. The van der Waals surface area contributed by atoms with Crippen molar-refractivity contribution in [2.45, 2.75) is 51.7 Å². The molecule has 2 saturated heterocycles. The maximum Gasteiger partial charge on any atom is 0.243 e. The molecular formula is C20H29N3O2. The molecule has 2 fully saturated rings. The lowest BCUT2D eigenvalue weighted by molar-refractivity contribution is -0.139. The number of carbonyl (C=O) groups excluding carboxylic acids is 2. The van der Waals surface area contributed by atoms with Gasteiger partial charge < -0.3 is 10.2 Å². The van der Waals surface area contributed by atoms with Crippen molar-refractivity contribution in [3.8, 4) is 0 Å². The minimum atomic E-state index is -0.335. The molecule has 2 atom stereocenters. The van der Waals surface area contributed by atoms with Crippen molar-refractivity contribution in [2.24, 2.45) is 5.92 Å². The van der Waals surface area contributed by atoms with Crippen molar-refractivity contribution in [1.82, 2.24) is 15.1 Å². The van der Waals surface area contributed by atoms with Gasteiger partial charge in [0.1, 0.15) is 6.04 Å². The average Bonchev–Trinajstić information content (AvgIpc) is 3.18. The highest BCUT2D eigenvalue weighted by molar-refractivity contribution is 5.89. The quantitative estimate of drug-likeness (QED) is 0.860. The molecule has 2 aliphatic rings. The van der Waals surface area contributed by atoms with Gasteiger partial charge in [-0.3, -0.25) is 14.5 Å². The third-order valence-corrected chi connectivity index (χ3v) is 5.21. The molecule has 1 aromatic rings. The van der Waals surface area contributed by atoms with Gasteiger partial charge in [-0.2, -0.15) is 0 Å². The van der Waals surface area contributed by atoms with Gasteiger partial charge in [-0.05, 0) is 24.3 Å². The molecule has 2 aliphatic heterocycles. The standard InChI is InChI=1S/C20H29N3O2/c1-15(2)19(23-11-6-9-18(23)24)20(25)21-17-10-12-22(14-17)13-16-7-4-3-5-8-16/h3-5,7-8,15,17,19H,6,9-14H2,1-2H3,(H,21,25)/t17-,19-/m0/s1. The zero-order valence-electron chi connectivity index (χ0n) is 15.3. The average molecular weight is 343 g/mol. The second-order valence-electron chi connectivity index (χ2n) is 7.59. The first-order valence-corrected chi connectivity index (χ1v) is 9.40. The second-order valence-corrected chi connectivity index (χ2v) is 7.59. The van der Waals surface area contributed by atoms with Crippen LogP contribution in [-0.2, 0) is 16.1 Å². The summed E-state index contributed by atoms with van der Waals surface area (Å²) in [6, 6.07) is 10.3. The Morgan fingerprint density at radius 3 is 2.64 bits per heavy atom. The lowest BCUT2D eigenvalue weighted by Crippen LogP contribution is -2.53. The van der Waals surface area contributed by atoms with Crippen LogP contribution in [0, 0.1) is 5.92 Å². The van der Waals surface area contributed by atoms with Gasteiger partial charge in [0.2, 0.25) is 11.8 Å². The molecule has 0 aromatic heterocycles. The topological polar surface area (TPSA) is 52.7 Å². The van der Waals surface area contributed by atoms with Gasteiger partial charge >= 0.3 is 0 Å². The van der Waals surface area contributed by atoms with Gasteiger partial charge in [-0.1, -0.05) is 44.2 Å². The first-order valence-electron chi connectivity index (χ1n) is 9.40. The molecule has 0 saturated carbocycles. The molecule has 0 spiro atoms. The van der Waals surface area contributed by atoms with Crippen LogP contribution in [0.5, 0.6) is 0 Å². The van der Waals surface area contributed by atoms with Crippen molar-refractivity contribution >= 4 is 11.8 Å². The molecule has 2 heterocycles. The van der Waals surface area contributed by atoms with E-state index in [0.29, 0.717) is 13.0 Å². The molecule has 3 rings (SSSR count). The van der Waals surface area contributed by atoms with Gasteiger partial charge in [-0.15, -0.1) is 0 Å². The highest BCUT2D eigenvalue weighted by Gasteiger charge is 2.36. The fourth-order valence-corrected chi connectivity index (χ4v) is 3.99. The Labute approximate surface area is 150 Å². The molecule has 0 radical (unpaired) electrons. The van der Waals surface area contributed by atoms with Crippen LogP contribution in [0.2, 0.25) is 0 Å². The Bertz CT molecular complexity index is 602. The lowest BCUT2D eigenvalue weighted by Gasteiger charge is -2.31. The molecule has 25 heavy (non-hydrogen) atoms. The normalized spacial score (nSPS) is 22.6. The van der Waals surface area contributed by atoms with Crippen LogP contribution in [0.25, 0.3) is 0 Å². The molecule has 0 aliphatic carbocycles. The first kappa shape index (κ1) is 17.9. The van der Waals surface area contributed by atoms with Gasteiger partial charge in [0, 0.05) is 38.6 Å². The molecule has 0 unspecified atom stereocenters. The summed E-state index contributed by atoms with van der Waals surface area (Å²) in [5.74, 6) is 0.256. The number of hydrogen-bond donors (Lipinski definition) is 1. The Morgan fingerprint density at radius 1 is 1.24 bits per heavy atom. The van der Waals surface area contributed by atoms with Crippen LogP contribution < -0.4 is 5.32 Å². The van der Waals surface area contributed by atoms with Crippen LogP contribution >= 0.6 is 0 Å². The summed E-state index contributed by atoms with van der Waals surface area (Å²) >= 11 is 0. The SMILES string of the molecule is CC(C)[C@@H](C(=O)N[C@H]1CCN(Cc2ccccc2)C1)N1CCCC1=O. The summed E-state index contributed by atoms with van der Waals surface area (Å²) in [7, 11) is 0. The van der Waals surface area contributed by atoms with Crippen LogP contribution in [0.4, 0.5) is 0 Å². The summed E-state index contributed by atoms with van der Waals surface area (Å²) in [6.07, 6.45) is 2.41. The van der Waals surface area contributed by atoms with E-state index in [1.54, 1.807) is 4.90 Å². The number of amides is 2. The van der Waals surface area contributed by atoms with Crippen LogP contribution in [0.3, 0.4) is 0 Å². The number of nitrogens with zero attached hydrogens (tertiary/aromatic N) is 2. The number of rotatable bonds is 6. The Hall–Kier alpha value is -1.88. The number of hydrogen-bond acceptors (Lipinski definition) is 3. The van der Waals surface area contributed by atoms with Crippen LogP contribution in [0.15, 0.2) is 30.3 Å². The molecule has 5 heteroatoms. The fourth-order valence-electron chi connectivity index (χ4n) is 3.99. The highest BCUT2D eigenvalue weighted by atomic mass is 16.2. The van der Waals surface area contributed by atoms with Crippen LogP contribution in [0.1, 0.15) is 38.7 Å². The van der Waals surface area contributed by atoms with E-state index in [1.165, 1.54) is 5.56 Å². The van der Waals surface area contributed by atoms with E-state index < -0.39 is 0 Å². The molecule has 1 N–H and O–H groups in total. The van der Waals surface area contributed by atoms with Crippen LogP contribution in [-0.4, -0.2) is 53.3 Å². The zero-order valence-corrected chi connectivity index (χ0v) is 15.3. The van der Waals surface area contributed by atoms with Crippen molar-refractivity contribution < 1.29 is 9.59 Å². The van der Waals surface area contributed by atoms with Gasteiger partial charge in [0.25, 0.3) is 0 Å². The Kier molecular flexibility index (Phi) is 5.74. The van der Waals surface area contributed by atoms with E-state index in [-0.39, 0.29) is 29.8 Å². The maximum atomic E-state index is 12.8. The maximum absolute atomic E-state index is 12.8. The number of benzene rings is 1. The molecule has 0 bridgehead atoms. The molecule has 5 nitrogen and oxygen atoms in total. The number of likely N-dealkylation sites (tertiary alicyclic amines) is 2. The molecule has 136 valence electrons. The molecule has 1 aromatic carbocycles. The van der Waals surface area contributed by atoms with E-state index in [9.17, 15) is 9.59 Å². The summed E-state index contributed by atoms with van der Waals surface area (Å²) in [4.78, 5) is 29.0. The first-order chi connectivity index (χ1) is 12.0. The molecule has 2 amide bonds. The summed E-state index contributed by atoms with van der Waals surface area (Å²) in [5.41, 5.74) is 1.30. The predicted molar refractivity (Wildman–Crippen MR) is 97.8 cm³/mol. The molecular weight excluding hydrogens is 314 g/mol. The van der Waals surface area contributed by atoms with E-state index >= 15 is 0 Å². The fraction of sp³-hybridized carbons (Fsp3) is 0.600. The van der Waals surface area contributed by atoms with Gasteiger partial charge in [0.15, 0.2) is 0 Å². The Balaban J connectivity index is 1.54. The number of nitrogens with one attached hydrogen (secondary N) is 1. The smallest absolute Gasteiger partial charge is 0.243 e. The van der Waals surface area contributed by atoms with Gasteiger partial charge in [-0.25, -0.2) is 0 Å². The van der Waals surface area contributed by atoms with Crippen molar-refractivity contribution in [3.63, 3.8) is 0 Å². The number of carbonyl (C=O) groups is 2. The summed E-state index contributed by atoms with van der Waals surface area (Å²) in [6.45, 7) is 7.54. The van der Waals surface area contributed by atoms with E-state index in [2.05, 4.69) is 34.5 Å². The summed E-state index contributed by atoms with van der Waals surface area (Å²) in [5, 5.41) is 3.20. The van der Waals surface area contributed by atoms with Crippen molar-refractivity contribution in [3.05, 3.63) is 35.9 Å². The largest absolute Gasteiger partial charge is 0.350 e. The van der Waals surface area contributed by atoms with E-state index in [1.807, 2.05) is 19.9 Å². The lowest BCUT2D eigenvalue weighted by atomic mass is 10.0. The van der Waals surface area contributed by atoms with Crippen molar-refractivity contribution in [1.29, 1.82) is 0 Å². The zero-order chi connectivity index (χ0) is 17.8. The third-order valence-electron chi connectivity index (χ3n) is 5.21. The van der Waals surface area contributed by atoms with Gasteiger partial charge in [0.05, 0.1) is 0 Å². The predicted octanol–water partition coefficient (Wildman–Crippen LogP) is 2.02.